The lowest BCUT2D eigenvalue weighted by Gasteiger charge is -2.47. The smallest absolute Gasteiger partial charge is 0.224 e. The average Bonchev–Trinajstić information content (AvgIpc) is 3.23. The maximum Gasteiger partial charge on any atom is 0.224 e. The van der Waals surface area contributed by atoms with Crippen LogP contribution in [0.2, 0.25) is 0 Å². The van der Waals surface area contributed by atoms with Gasteiger partial charge in [0.05, 0.1) is 19.1 Å². The van der Waals surface area contributed by atoms with Gasteiger partial charge in [-0.05, 0) is 24.0 Å². The molecule has 1 aromatic rings. The van der Waals surface area contributed by atoms with E-state index in [1.807, 2.05) is 30.3 Å². The zero-order valence-corrected chi connectivity index (χ0v) is 15.1. The fraction of sp³-hybridized carbons (Fsp3) is 0.524. The number of methoxy groups -OCH3 is 1. The Balaban J connectivity index is 1.46. The van der Waals surface area contributed by atoms with Gasteiger partial charge < -0.3 is 14.8 Å². The van der Waals surface area contributed by atoms with Gasteiger partial charge in [0.25, 0.3) is 0 Å². The average molecular weight is 355 g/mol. The summed E-state index contributed by atoms with van der Waals surface area (Å²) in [5, 5.41) is 3.16. The molecule has 0 spiro atoms. The van der Waals surface area contributed by atoms with Crippen LogP contribution >= 0.6 is 0 Å². The maximum absolute atomic E-state index is 12.7. The molecule has 1 aromatic carbocycles. The summed E-state index contributed by atoms with van der Waals surface area (Å²) in [6.45, 7) is 1.34. The molecule has 1 saturated heterocycles. The largest absolute Gasteiger partial charge is 0.384 e. The number of Topliss-reactive ketones (excluding diaryl/α,β-unsaturated/α-hetero) is 1. The van der Waals surface area contributed by atoms with E-state index in [9.17, 15) is 9.59 Å². The minimum atomic E-state index is -0.0693. The number of rotatable bonds is 6. The number of carbonyl (C=O) groups is 2. The third-order valence-electron chi connectivity index (χ3n) is 5.98. The highest BCUT2D eigenvalue weighted by atomic mass is 16.5. The van der Waals surface area contributed by atoms with Crippen molar-refractivity contribution in [1.82, 2.24) is 5.32 Å². The Kier molecular flexibility index (Phi) is 4.92. The van der Waals surface area contributed by atoms with E-state index in [1.165, 1.54) is 0 Å². The summed E-state index contributed by atoms with van der Waals surface area (Å²) in [5.41, 5.74) is 2.75. The molecule has 1 N–H and O–H groups in total. The molecule has 4 rings (SSSR count). The molecular weight excluding hydrogens is 330 g/mol. The van der Waals surface area contributed by atoms with Crippen molar-refractivity contribution in [3.63, 3.8) is 0 Å². The van der Waals surface area contributed by atoms with Crippen LogP contribution < -0.4 is 5.32 Å². The van der Waals surface area contributed by atoms with E-state index >= 15 is 0 Å². The van der Waals surface area contributed by atoms with E-state index in [0.717, 1.165) is 30.6 Å². The van der Waals surface area contributed by atoms with Crippen molar-refractivity contribution in [2.75, 3.05) is 20.3 Å². The van der Waals surface area contributed by atoms with Crippen molar-refractivity contribution >= 4 is 17.3 Å². The summed E-state index contributed by atoms with van der Waals surface area (Å²) in [4.78, 5) is 25.0. The molecule has 5 nitrogen and oxygen atoms in total. The first-order valence-corrected chi connectivity index (χ1v) is 9.39. The third-order valence-corrected chi connectivity index (χ3v) is 5.98. The van der Waals surface area contributed by atoms with E-state index < -0.39 is 0 Å². The molecule has 1 amide bonds. The van der Waals surface area contributed by atoms with Crippen LogP contribution in [0.1, 0.15) is 31.2 Å². The highest BCUT2D eigenvalue weighted by Crippen LogP contribution is 2.44. The summed E-state index contributed by atoms with van der Waals surface area (Å²) in [6, 6.07) is 9.99. The second-order valence-electron chi connectivity index (χ2n) is 7.42. The minimum Gasteiger partial charge on any atom is -0.384 e. The van der Waals surface area contributed by atoms with Gasteiger partial charge in [0.2, 0.25) is 5.91 Å². The van der Waals surface area contributed by atoms with Crippen LogP contribution in [0, 0.1) is 11.8 Å². The van der Waals surface area contributed by atoms with E-state index in [-0.39, 0.29) is 36.2 Å². The van der Waals surface area contributed by atoms with Crippen LogP contribution in [0.4, 0.5) is 0 Å². The van der Waals surface area contributed by atoms with E-state index in [0.29, 0.717) is 24.5 Å². The van der Waals surface area contributed by atoms with Crippen LogP contribution in [0.3, 0.4) is 0 Å². The van der Waals surface area contributed by atoms with E-state index in [4.69, 9.17) is 9.47 Å². The number of amides is 1. The van der Waals surface area contributed by atoms with Gasteiger partial charge in [0, 0.05) is 43.6 Å². The first-order valence-electron chi connectivity index (χ1n) is 9.39. The molecule has 0 aromatic heterocycles. The Labute approximate surface area is 153 Å². The first-order chi connectivity index (χ1) is 12.7. The van der Waals surface area contributed by atoms with Crippen molar-refractivity contribution < 1.29 is 19.1 Å². The van der Waals surface area contributed by atoms with Gasteiger partial charge in [-0.2, -0.15) is 0 Å². The van der Waals surface area contributed by atoms with Gasteiger partial charge in [-0.15, -0.1) is 0 Å². The molecule has 26 heavy (non-hydrogen) atoms. The topological polar surface area (TPSA) is 64.6 Å². The summed E-state index contributed by atoms with van der Waals surface area (Å²) >= 11 is 0. The molecule has 3 aliphatic rings. The molecule has 0 bridgehead atoms. The van der Waals surface area contributed by atoms with E-state index in [1.54, 1.807) is 7.11 Å². The summed E-state index contributed by atoms with van der Waals surface area (Å²) < 4.78 is 11.1. The summed E-state index contributed by atoms with van der Waals surface area (Å²) in [6.07, 6.45) is 2.57. The first kappa shape index (κ1) is 17.4. The normalized spacial score (nSPS) is 30.3. The van der Waals surface area contributed by atoms with Crippen LogP contribution in [-0.4, -0.2) is 44.2 Å². The Morgan fingerprint density at radius 3 is 2.85 bits per heavy atom. The summed E-state index contributed by atoms with van der Waals surface area (Å²) in [7, 11) is 1.68. The van der Waals surface area contributed by atoms with Crippen molar-refractivity contribution in [2.45, 2.75) is 37.8 Å². The van der Waals surface area contributed by atoms with Crippen molar-refractivity contribution in [1.29, 1.82) is 0 Å². The van der Waals surface area contributed by atoms with Crippen LogP contribution in [0.15, 0.2) is 35.9 Å². The fourth-order valence-electron chi connectivity index (χ4n) is 4.70. The molecule has 2 fully saturated rings. The molecule has 1 heterocycles. The third kappa shape index (κ3) is 3.10. The van der Waals surface area contributed by atoms with Gasteiger partial charge in [-0.25, -0.2) is 0 Å². The Morgan fingerprint density at radius 1 is 1.27 bits per heavy atom. The standard InChI is InChI=1S/C21H25NO4/c1-25-12-17-20(15-9-10-26-21(15)17)22-19(24)11-16-14(7-8-18(16)23)13-5-3-2-4-6-13/h2-6,15,17,20-21H,7-12H2,1H3,(H,22,24)/t15-,17-,20-,21-/m0/s1. The minimum absolute atomic E-state index is 0.0693. The number of nitrogens with one attached hydrogen (secondary N) is 1. The SMILES string of the molecule is COC[C@H]1[C@@H](NC(=O)CC2=C(c3ccccc3)CCC2=O)[C@@H]2CCO[C@@H]21. The maximum atomic E-state index is 12.7. The molecular formula is C21H25NO4. The van der Waals surface area contributed by atoms with Crippen molar-refractivity contribution in [3.05, 3.63) is 41.5 Å². The number of hydrogen-bond donors (Lipinski definition) is 1. The number of fused-ring (bicyclic) bond motifs is 1. The Hall–Kier alpha value is -1.98. The van der Waals surface area contributed by atoms with Gasteiger partial charge in [0.1, 0.15) is 0 Å². The zero-order valence-electron chi connectivity index (χ0n) is 15.1. The predicted octanol–water partition coefficient (Wildman–Crippen LogP) is 2.36. The van der Waals surface area contributed by atoms with Gasteiger partial charge in [0.15, 0.2) is 5.78 Å². The van der Waals surface area contributed by atoms with E-state index in [2.05, 4.69) is 5.32 Å². The molecule has 4 atom stereocenters. The van der Waals surface area contributed by atoms with Crippen LogP contribution in [0.25, 0.3) is 5.57 Å². The predicted molar refractivity (Wildman–Crippen MR) is 97.4 cm³/mol. The molecule has 138 valence electrons. The molecule has 5 heteroatoms. The molecule has 0 unspecified atom stereocenters. The molecule has 1 saturated carbocycles. The lowest BCUT2D eigenvalue weighted by molar-refractivity contribution is -0.130. The molecule has 2 aliphatic carbocycles. The Morgan fingerprint density at radius 2 is 2.08 bits per heavy atom. The lowest BCUT2D eigenvalue weighted by atomic mass is 9.67. The number of carbonyl (C=O) groups excluding carboxylic acids is 2. The number of hydrogen-bond acceptors (Lipinski definition) is 4. The highest BCUT2D eigenvalue weighted by molar-refractivity contribution is 6.10. The number of ether oxygens (including phenoxy) is 2. The number of ketones is 1. The van der Waals surface area contributed by atoms with Gasteiger partial charge in [-0.3, -0.25) is 9.59 Å². The quantitative estimate of drug-likeness (QED) is 0.851. The van der Waals surface area contributed by atoms with Crippen LogP contribution in [0.5, 0.6) is 0 Å². The second-order valence-corrected chi connectivity index (χ2v) is 7.42. The monoisotopic (exact) mass is 355 g/mol. The number of benzene rings is 1. The Bertz CT molecular complexity index is 727. The fourth-order valence-corrected chi connectivity index (χ4v) is 4.70. The van der Waals surface area contributed by atoms with Crippen molar-refractivity contribution in [2.24, 2.45) is 11.8 Å². The number of allylic oxidation sites excluding steroid dienone is 1. The lowest BCUT2D eigenvalue weighted by Crippen LogP contribution is -2.62. The zero-order chi connectivity index (χ0) is 18.1. The van der Waals surface area contributed by atoms with Gasteiger partial charge >= 0.3 is 0 Å². The second kappa shape index (κ2) is 7.33. The van der Waals surface area contributed by atoms with Crippen LogP contribution in [-0.2, 0) is 19.1 Å². The van der Waals surface area contributed by atoms with Gasteiger partial charge in [-0.1, -0.05) is 30.3 Å². The molecule has 0 radical (unpaired) electrons. The molecule has 1 aliphatic heterocycles. The highest BCUT2D eigenvalue weighted by Gasteiger charge is 2.54. The summed E-state index contributed by atoms with van der Waals surface area (Å²) in [5.74, 6) is 0.613. The van der Waals surface area contributed by atoms with Crippen molar-refractivity contribution in [3.8, 4) is 0 Å².